The van der Waals surface area contributed by atoms with Crippen LogP contribution in [0.5, 0.6) is 11.5 Å². The number of carbonyl (C=O) groups excluding carboxylic acids is 1. The van der Waals surface area contributed by atoms with Crippen LogP contribution in [0, 0.1) is 11.6 Å². The highest BCUT2D eigenvalue weighted by Crippen LogP contribution is 2.33. The van der Waals surface area contributed by atoms with Gasteiger partial charge < -0.3 is 14.5 Å². The molecule has 7 nitrogen and oxygen atoms in total. The number of amides is 1. The number of ether oxygens (including phenoxy) is 1. The molecule has 29 heavy (non-hydrogen) atoms. The van der Waals surface area contributed by atoms with E-state index < -0.39 is 21.7 Å². The molecule has 156 valence electrons. The molecule has 0 aromatic heterocycles. The Hall–Kier alpha value is -2.72. The highest BCUT2D eigenvalue weighted by molar-refractivity contribution is 7.92. The Balaban J connectivity index is 1.94. The molecule has 1 amide bonds. The Bertz CT molecular complexity index is 1020. The summed E-state index contributed by atoms with van der Waals surface area (Å²) in [5.41, 5.74) is 0.303. The molecule has 1 fully saturated rings. The quantitative estimate of drug-likeness (QED) is 0.797. The fraction of sp³-hybridized carbons (Fsp3) is 0.316. The van der Waals surface area contributed by atoms with Crippen LogP contribution >= 0.6 is 0 Å². The van der Waals surface area contributed by atoms with E-state index >= 15 is 0 Å². The number of piperazine rings is 1. The van der Waals surface area contributed by atoms with Gasteiger partial charge in [-0.1, -0.05) is 0 Å². The number of sulfonamides is 1. The fourth-order valence-electron chi connectivity index (χ4n) is 2.89. The van der Waals surface area contributed by atoms with Crippen molar-refractivity contribution in [2.45, 2.75) is 0 Å². The van der Waals surface area contributed by atoms with Crippen LogP contribution < -0.4 is 9.46 Å². The third-order valence-corrected chi connectivity index (χ3v) is 5.02. The minimum atomic E-state index is -3.65. The summed E-state index contributed by atoms with van der Waals surface area (Å²) in [4.78, 5) is 16.6. The van der Waals surface area contributed by atoms with Crippen LogP contribution in [-0.4, -0.2) is 63.6 Å². The molecule has 0 saturated carbocycles. The summed E-state index contributed by atoms with van der Waals surface area (Å²) in [5.74, 6) is -2.34. The number of anilines is 1. The van der Waals surface area contributed by atoms with Crippen molar-refractivity contribution < 1.29 is 26.7 Å². The lowest BCUT2D eigenvalue weighted by Crippen LogP contribution is -2.47. The van der Waals surface area contributed by atoms with Gasteiger partial charge in [0, 0.05) is 37.8 Å². The Morgan fingerprint density at radius 3 is 2.34 bits per heavy atom. The van der Waals surface area contributed by atoms with E-state index in [0.717, 1.165) is 31.5 Å². The topological polar surface area (TPSA) is 79.0 Å². The van der Waals surface area contributed by atoms with Crippen molar-refractivity contribution in [2.24, 2.45) is 0 Å². The van der Waals surface area contributed by atoms with Crippen molar-refractivity contribution in [1.82, 2.24) is 9.80 Å². The smallest absolute Gasteiger partial charge is 0.254 e. The van der Waals surface area contributed by atoms with Gasteiger partial charge in [0.05, 0.1) is 11.9 Å². The molecule has 1 saturated heterocycles. The van der Waals surface area contributed by atoms with E-state index in [1.807, 2.05) is 7.05 Å². The van der Waals surface area contributed by atoms with Crippen LogP contribution in [0.1, 0.15) is 10.4 Å². The summed E-state index contributed by atoms with van der Waals surface area (Å²) in [6.07, 6.45) is 0.957. The summed E-state index contributed by atoms with van der Waals surface area (Å²) in [6.45, 7) is 2.59. The molecule has 3 rings (SSSR count). The summed E-state index contributed by atoms with van der Waals surface area (Å²) in [6, 6.07) is 6.95. The summed E-state index contributed by atoms with van der Waals surface area (Å²) in [5, 5.41) is 0. The molecule has 0 spiro atoms. The monoisotopic (exact) mass is 425 g/mol. The lowest BCUT2D eigenvalue weighted by molar-refractivity contribution is 0.0664. The van der Waals surface area contributed by atoms with Crippen LogP contribution in [0.3, 0.4) is 0 Å². The molecular weight excluding hydrogens is 404 g/mol. The van der Waals surface area contributed by atoms with Crippen molar-refractivity contribution in [2.75, 3.05) is 44.2 Å². The number of benzene rings is 2. The number of hydrogen-bond acceptors (Lipinski definition) is 5. The van der Waals surface area contributed by atoms with Gasteiger partial charge in [0.15, 0.2) is 17.3 Å². The Labute approximate surface area is 167 Å². The number of likely N-dealkylation sites (N-methyl/N-ethyl adjacent to an activating group) is 1. The molecule has 0 aliphatic carbocycles. The lowest BCUT2D eigenvalue weighted by atomic mass is 10.1. The minimum absolute atomic E-state index is 0.0335. The second-order valence-electron chi connectivity index (χ2n) is 6.86. The van der Waals surface area contributed by atoms with E-state index in [1.165, 1.54) is 18.2 Å². The van der Waals surface area contributed by atoms with Gasteiger partial charge in [-0.3, -0.25) is 9.52 Å². The molecule has 10 heteroatoms. The number of carbonyl (C=O) groups is 1. The Morgan fingerprint density at radius 1 is 1.03 bits per heavy atom. The predicted octanol–water partition coefficient (Wildman–Crippen LogP) is 2.52. The van der Waals surface area contributed by atoms with Crippen LogP contribution in [0.2, 0.25) is 0 Å². The second-order valence-corrected chi connectivity index (χ2v) is 8.61. The van der Waals surface area contributed by atoms with Crippen molar-refractivity contribution in [1.29, 1.82) is 0 Å². The second kappa shape index (κ2) is 8.34. The van der Waals surface area contributed by atoms with Crippen molar-refractivity contribution in [3.05, 3.63) is 53.6 Å². The highest BCUT2D eigenvalue weighted by Gasteiger charge is 2.22. The average molecular weight is 425 g/mol. The van der Waals surface area contributed by atoms with E-state index in [4.69, 9.17) is 4.74 Å². The number of nitrogens with zero attached hydrogens (tertiary/aromatic N) is 2. The zero-order valence-electron chi connectivity index (χ0n) is 16.0. The minimum Gasteiger partial charge on any atom is -0.452 e. The zero-order valence-corrected chi connectivity index (χ0v) is 16.8. The molecule has 1 heterocycles. The predicted molar refractivity (Wildman–Crippen MR) is 105 cm³/mol. The maximum Gasteiger partial charge on any atom is 0.254 e. The van der Waals surface area contributed by atoms with E-state index in [0.29, 0.717) is 19.2 Å². The maximum absolute atomic E-state index is 14.0. The summed E-state index contributed by atoms with van der Waals surface area (Å²) >= 11 is 0. The van der Waals surface area contributed by atoms with Crippen molar-refractivity contribution >= 4 is 21.6 Å². The van der Waals surface area contributed by atoms with E-state index in [9.17, 15) is 22.0 Å². The van der Waals surface area contributed by atoms with Gasteiger partial charge in [0.25, 0.3) is 5.91 Å². The largest absolute Gasteiger partial charge is 0.452 e. The molecule has 0 unspecified atom stereocenters. The highest BCUT2D eigenvalue weighted by atomic mass is 32.2. The van der Waals surface area contributed by atoms with E-state index in [1.54, 1.807) is 4.90 Å². The maximum atomic E-state index is 14.0. The molecule has 2 aromatic carbocycles. The van der Waals surface area contributed by atoms with Gasteiger partial charge in [-0.25, -0.2) is 17.2 Å². The van der Waals surface area contributed by atoms with Gasteiger partial charge in [-0.15, -0.1) is 0 Å². The molecule has 1 N–H and O–H groups in total. The SMILES string of the molecule is CN1CCN(C(=O)c2ccc(NS(C)(=O)=O)c(Oc3ccc(F)cc3F)c2)CC1. The number of rotatable bonds is 5. The van der Waals surface area contributed by atoms with Crippen LogP contribution in [0.4, 0.5) is 14.5 Å². The first-order valence-electron chi connectivity index (χ1n) is 8.85. The Morgan fingerprint density at radius 2 is 1.72 bits per heavy atom. The normalized spacial score (nSPS) is 15.2. The first-order chi connectivity index (χ1) is 13.6. The van der Waals surface area contributed by atoms with E-state index in [2.05, 4.69) is 9.62 Å². The summed E-state index contributed by atoms with van der Waals surface area (Å²) < 4.78 is 58.2. The van der Waals surface area contributed by atoms with Crippen molar-refractivity contribution in [3.63, 3.8) is 0 Å². The number of halogens is 2. The molecule has 0 bridgehead atoms. The lowest BCUT2D eigenvalue weighted by Gasteiger charge is -2.32. The fourth-order valence-corrected chi connectivity index (χ4v) is 3.46. The van der Waals surface area contributed by atoms with Gasteiger partial charge in [-0.05, 0) is 37.4 Å². The van der Waals surface area contributed by atoms with Crippen molar-refractivity contribution in [3.8, 4) is 11.5 Å². The first kappa shape index (κ1) is 21.0. The third-order valence-electron chi connectivity index (χ3n) is 4.43. The molecule has 0 radical (unpaired) electrons. The number of hydrogen-bond donors (Lipinski definition) is 1. The van der Waals surface area contributed by atoms with E-state index in [-0.39, 0.29) is 28.7 Å². The first-order valence-corrected chi connectivity index (χ1v) is 10.7. The Kier molecular flexibility index (Phi) is 6.04. The third kappa shape index (κ3) is 5.42. The zero-order chi connectivity index (χ0) is 21.2. The standard InChI is InChI=1S/C19H21F2N3O4S/c1-23-7-9-24(10-8-23)19(25)13-3-5-16(22-29(2,26)27)18(11-13)28-17-6-4-14(20)12-15(17)21/h3-6,11-12,22H,7-10H2,1-2H3. The van der Waals surface area contributed by atoms with Gasteiger partial charge >= 0.3 is 0 Å². The summed E-state index contributed by atoms with van der Waals surface area (Å²) in [7, 11) is -1.68. The van der Waals surface area contributed by atoms with Crippen LogP contribution in [-0.2, 0) is 10.0 Å². The molecule has 2 aromatic rings. The molecule has 0 atom stereocenters. The molecule has 1 aliphatic heterocycles. The van der Waals surface area contributed by atoms with Gasteiger partial charge in [0.1, 0.15) is 5.82 Å². The van der Waals surface area contributed by atoms with Crippen LogP contribution in [0.25, 0.3) is 0 Å². The average Bonchev–Trinajstić information content (AvgIpc) is 2.64. The van der Waals surface area contributed by atoms with Crippen LogP contribution in [0.15, 0.2) is 36.4 Å². The van der Waals surface area contributed by atoms with Gasteiger partial charge in [-0.2, -0.15) is 0 Å². The molecular formula is C19H21F2N3O4S. The number of nitrogens with one attached hydrogen (secondary N) is 1. The molecule has 1 aliphatic rings. The van der Waals surface area contributed by atoms with Gasteiger partial charge in [0.2, 0.25) is 10.0 Å².